The van der Waals surface area contributed by atoms with Gasteiger partial charge in [0.1, 0.15) is 11.2 Å². The standard InChI is InChI=1S/C29H25F2N11O2/c1-39-23(17-33-37-39)19-7-8-24-21(15-19)34-27(44-24)20-9-10-32-22(16-20)28(43)41-13-11-40(12-14-41)25(18-5-3-2-4-6-18)26-35-38-42(36-26)29(30)31/h2-10,15-17,25,29H,11-14H2,1H3/t25-/m1/s1. The van der Waals surface area contributed by atoms with Crippen molar-refractivity contribution in [3.8, 4) is 22.7 Å². The predicted molar refractivity (Wildman–Crippen MR) is 152 cm³/mol. The molecule has 7 rings (SSSR count). The Labute approximate surface area is 248 Å². The maximum atomic E-state index is 13.5. The summed E-state index contributed by atoms with van der Waals surface area (Å²) in [6.45, 7) is -1.17. The summed E-state index contributed by atoms with van der Waals surface area (Å²) in [6, 6.07) is 18.0. The van der Waals surface area contributed by atoms with E-state index in [1.165, 1.54) is 0 Å². The fraction of sp³-hybridized carbons (Fsp3) is 0.241. The molecule has 13 nitrogen and oxygen atoms in total. The highest BCUT2D eigenvalue weighted by Gasteiger charge is 2.32. The number of hydrogen-bond donors (Lipinski definition) is 0. The Bertz CT molecular complexity index is 1930. The van der Waals surface area contributed by atoms with Crippen LogP contribution in [-0.4, -0.2) is 87.1 Å². The first-order chi connectivity index (χ1) is 21.4. The second kappa shape index (κ2) is 11.3. The van der Waals surface area contributed by atoms with E-state index < -0.39 is 12.6 Å². The lowest BCUT2D eigenvalue weighted by Crippen LogP contribution is -2.50. The molecule has 0 aliphatic carbocycles. The number of tetrazole rings is 1. The number of aryl methyl sites for hydroxylation is 1. The monoisotopic (exact) mass is 597 g/mol. The Balaban J connectivity index is 1.08. The van der Waals surface area contributed by atoms with E-state index in [1.54, 1.807) is 34.1 Å². The molecule has 0 spiro atoms. The highest BCUT2D eigenvalue weighted by atomic mass is 19.3. The van der Waals surface area contributed by atoms with Gasteiger partial charge < -0.3 is 9.32 Å². The van der Waals surface area contributed by atoms with Crippen molar-refractivity contribution in [3.05, 3.63) is 90.1 Å². The predicted octanol–water partition coefficient (Wildman–Crippen LogP) is 3.61. The van der Waals surface area contributed by atoms with Crippen molar-refractivity contribution in [1.29, 1.82) is 0 Å². The number of amides is 1. The lowest BCUT2D eigenvalue weighted by Gasteiger charge is -2.38. The van der Waals surface area contributed by atoms with Crippen molar-refractivity contribution in [3.63, 3.8) is 0 Å². The minimum Gasteiger partial charge on any atom is -0.436 e. The van der Waals surface area contributed by atoms with Crippen LogP contribution in [0.5, 0.6) is 0 Å². The Morgan fingerprint density at radius 2 is 1.77 bits per heavy atom. The Hall–Kier alpha value is -5.44. The summed E-state index contributed by atoms with van der Waals surface area (Å²) < 4.78 is 34.0. The highest BCUT2D eigenvalue weighted by molar-refractivity contribution is 5.93. The van der Waals surface area contributed by atoms with E-state index in [1.807, 2.05) is 55.6 Å². The molecule has 0 bridgehead atoms. The van der Waals surface area contributed by atoms with Gasteiger partial charge in [-0.2, -0.15) is 8.78 Å². The molecule has 222 valence electrons. The van der Waals surface area contributed by atoms with Crippen LogP contribution in [0.15, 0.2) is 77.5 Å². The zero-order valence-corrected chi connectivity index (χ0v) is 23.4. The van der Waals surface area contributed by atoms with Crippen LogP contribution in [0, 0.1) is 0 Å². The molecule has 5 heterocycles. The first-order valence-corrected chi connectivity index (χ1v) is 13.8. The third kappa shape index (κ3) is 5.17. The third-order valence-electron chi connectivity index (χ3n) is 7.57. The molecule has 1 saturated heterocycles. The van der Waals surface area contributed by atoms with Gasteiger partial charge in [0.25, 0.3) is 5.91 Å². The lowest BCUT2D eigenvalue weighted by atomic mass is 10.0. The molecule has 0 unspecified atom stereocenters. The van der Waals surface area contributed by atoms with Crippen molar-refractivity contribution in [2.75, 3.05) is 26.2 Å². The number of carbonyl (C=O) groups is 1. The van der Waals surface area contributed by atoms with Crippen molar-refractivity contribution in [2.45, 2.75) is 12.6 Å². The van der Waals surface area contributed by atoms with Gasteiger partial charge in [-0.15, -0.1) is 15.3 Å². The molecule has 6 aromatic rings. The van der Waals surface area contributed by atoms with Crippen molar-refractivity contribution >= 4 is 17.0 Å². The first-order valence-electron chi connectivity index (χ1n) is 13.8. The Kier molecular flexibility index (Phi) is 7.06. The number of oxazole rings is 1. The van der Waals surface area contributed by atoms with Crippen LogP contribution in [0.2, 0.25) is 0 Å². The molecule has 1 fully saturated rings. The molecule has 4 aromatic heterocycles. The summed E-state index contributed by atoms with van der Waals surface area (Å²) in [6.07, 6.45) is 3.24. The second-order valence-corrected chi connectivity index (χ2v) is 10.3. The van der Waals surface area contributed by atoms with Crippen LogP contribution < -0.4 is 0 Å². The number of rotatable bonds is 7. The molecule has 1 amide bonds. The van der Waals surface area contributed by atoms with E-state index in [2.05, 4.69) is 40.6 Å². The molecule has 1 atom stereocenters. The molecule has 1 aliphatic rings. The highest BCUT2D eigenvalue weighted by Crippen LogP contribution is 2.30. The molecule has 0 saturated carbocycles. The number of aromatic nitrogens is 9. The molecule has 1 aliphatic heterocycles. The summed E-state index contributed by atoms with van der Waals surface area (Å²) >= 11 is 0. The number of piperazine rings is 1. The number of halogens is 2. The molecule has 0 radical (unpaired) electrons. The quantitative estimate of drug-likeness (QED) is 0.268. The van der Waals surface area contributed by atoms with Gasteiger partial charge in [-0.3, -0.25) is 14.7 Å². The maximum Gasteiger partial charge on any atom is 0.350 e. The average Bonchev–Trinajstić information content (AvgIpc) is 3.82. The van der Waals surface area contributed by atoms with Gasteiger partial charge in [0, 0.05) is 50.6 Å². The molecular weight excluding hydrogens is 572 g/mol. The topological polar surface area (TPSA) is 137 Å². The number of nitrogens with zero attached hydrogens (tertiary/aromatic N) is 11. The minimum absolute atomic E-state index is 0.174. The normalized spacial score (nSPS) is 14.9. The zero-order chi connectivity index (χ0) is 30.2. The number of hydrogen-bond acceptors (Lipinski definition) is 10. The van der Waals surface area contributed by atoms with E-state index in [-0.39, 0.29) is 17.4 Å². The van der Waals surface area contributed by atoms with Gasteiger partial charge in [0.15, 0.2) is 11.4 Å². The summed E-state index contributed by atoms with van der Waals surface area (Å²) in [5.41, 5.74) is 4.75. The Morgan fingerprint density at radius 1 is 0.955 bits per heavy atom. The maximum absolute atomic E-state index is 13.5. The SMILES string of the molecule is Cn1nncc1-c1ccc2oc(-c3ccnc(C(=O)N4CCN([C@H](c5ccccc5)c5nnn(C(F)F)n5)CC4)c3)nc2c1. The molecule has 44 heavy (non-hydrogen) atoms. The van der Waals surface area contributed by atoms with Crippen molar-refractivity contribution in [2.24, 2.45) is 7.05 Å². The van der Waals surface area contributed by atoms with Gasteiger partial charge in [-0.25, -0.2) is 9.67 Å². The van der Waals surface area contributed by atoms with Crippen molar-refractivity contribution < 1.29 is 18.0 Å². The van der Waals surface area contributed by atoms with Crippen LogP contribution >= 0.6 is 0 Å². The number of benzene rings is 2. The van der Waals surface area contributed by atoms with Gasteiger partial charge in [-0.1, -0.05) is 40.3 Å². The van der Waals surface area contributed by atoms with Crippen LogP contribution in [0.4, 0.5) is 8.78 Å². The summed E-state index contributed by atoms with van der Waals surface area (Å²) in [5, 5.41) is 19.3. The average molecular weight is 598 g/mol. The zero-order valence-electron chi connectivity index (χ0n) is 23.4. The molecule has 2 aromatic carbocycles. The third-order valence-corrected chi connectivity index (χ3v) is 7.57. The first kappa shape index (κ1) is 27.4. The van der Waals surface area contributed by atoms with Gasteiger partial charge in [-0.05, 0) is 41.1 Å². The summed E-state index contributed by atoms with van der Waals surface area (Å²) in [5.74, 6) is 0.316. The number of alkyl halides is 2. The fourth-order valence-electron chi connectivity index (χ4n) is 5.37. The molecule has 0 N–H and O–H groups in total. The number of pyridine rings is 1. The van der Waals surface area contributed by atoms with E-state index in [9.17, 15) is 13.6 Å². The fourth-order valence-corrected chi connectivity index (χ4v) is 5.37. The van der Waals surface area contributed by atoms with Crippen molar-refractivity contribution in [1.82, 2.24) is 55.0 Å². The summed E-state index contributed by atoms with van der Waals surface area (Å²) in [7, 11) is 1.82. The molecular formula is C29H25F2N11O2. The minimum atomic E-state index is -2.89. The van der Waals surface area contributed by atoms with Gasteiger partial charge >= 0.3 is 6.55 Å². The van der Waals surface area contributed by atoms with Crippen LogP contribution in [0.1, 0.15) is 34.5 Å². The number of fused-ring (bicyclic) bond motifs is 1. The number of carbonyl (C=O) groups excluding carboxylic acids is 1. The van der Waals surface area contributed by atoms with E-state index >= 15 is 0 Å². The lowest BCUT2D eigenvalue weighted by molar-refractivity contribution is 0.0385. The molecule has 15 heteroatoms. The van der Waals surface area contributed by atoms with E-state index in [0.717, 1.165) is 16.8 Å². The van der Waals surface area contributed by atoms with Gasteiger partial charge in [0.05, 0.1) is 17.9 Å². The van der Waals surface area contributed by atoms with Crippen LogP contribution in [0.3, 0.4) is 0 Å². The van der Waals surface area contributed by atoms with E-state index in [0.29, 0.717) is 53.5 Å². The van der Waals surface area contributed by atoms with Crippen LogP contribution in [0.25, 0.3) is 33.8 Å². The van der Waals surface area contributed by atoms with Gasteiger partial charge in [0.2, 0.25) is 5.89 Å². The van der Waals surface area contributed by atoms with Crippen LogP contribution in [-0.2, 0) is 7.05 Å². The summed E-state index contributed by atoms with van der Waals surface area (Å²) in [4.78, 5) is 26.6. The van der Waals surface area contributed by atoms with E-state index in [4.69, 9.17) is 4.42 Å². The smallest absolute Gasteiger partial charge is 0.350 e. The Morgan fingerprint density at radius 3 is 2.50 bits per heavy atom. The largest absolute Gasteiger partial charge is 0.436 e. The second-order valence-electron chi connectivity index (χ2n) is 10.3.